The summed E-state index contributed by atoms with van der Waals surface area (Å²) >= 11 is 0. The van der Waals surface area contributed by atoms with Crippen LogP contribution < -0.4 is 9.64 Å². The van der Waals surface area contributed by atoms with Crippen LogP contribution in [0.3, 0.4) is 0 Å². The highest BCUT2D eigenvalue weighted by molar-refractivity contribution is 6.07. The van der Waals surface area contributed by atoms with Gasteiger partial charge in [0.05, 0.1) is 5.69 Å². The highest BCUT2D eigenvalue weighted by Gasteiger charge is 2.24. The lowest BCUT2D eigenvalue weighted by Gasteiger charge is -2.17. The summed E-state index contributed by atoms with van der Waals surface area (Å²) in [4.78, 5) is 19.2. The van der Waals surface area contributed by atoms with Crippen LogP contribution >= 0.6 is 0 Å². The first-order chi connectivity index (χ1) is 13.8. The Kier molecular flexibility index (Phi) is 4.05. The zero-order valence-electron chi connectivity index (χ0n) is 15.3. The Morgan fingerprint density at radius 1 is 1.00 bits per heavy atom. The summed E-state index contributed by atoms with van der Waals surface area (Å²) in [5.74, 6) is 0.743. The number of carbonyl (C=O) groups excluding carboxylic acids is 1. The van der Waals surface area contributed by atoms with Crippen molar-refractivity contribution in [3.05, 3.63) is 95.9 Å². The lowest BCUT2D eigenvalue weighted by molar-refractivity contribution is 0.0989. The maximum absolute atomic E-state index is 12.9. The lowest BCUT2D eigenvalue weighted by Crippen LogP contribution is -2.28. The summed E-state index contributed by atoms with van der Waals surface area (Å²) in [5.41, 5.74) is 4.66. The Bertz CT molecular complexity index is 1110. The molecule has 0 saturated heterocycles. The van der Waals surface area contributed by atoms with E-state index < -0.39 is 0 Å². The third-order valence-electron chi connectivity index (χ3n) is 5.03. The van der Waals surface area contributed by atoms with Crippen LogP contribution in [-0.4, -0.2) is 21.8 Å². The molecular formula is C23H19N3O2. The van der Waals surface area contributed by atoms with Gasteiger partial charge in [-0.2, -0.15) is 0 Å². The monoisotopic (exact) mass is 369 g/mol. The molecule has 0 atom stereocenters. The molecule has 0 spiro atoms. The van der Waals surface area contributed by atoms with Crippen molar-refractivity contribution in [2.45, 2.75) is 13.0 Å². The van der Waals surface area contributed by atoms with Gasteiger partial charge in [0.1, 0.15) is 18.0 Å². The first kappa shape index (κ1) is 16.6. The normalized spacial score (nSPS) is 12.9. The molecule has 5 rings (SSSR count). The minimum atomic E-state index is 0.0249. The van der Waals surface area contributed by atoms with Crippen LogP contribution in [0, 0.1) is 0 Å². The van der Waals surface area contributed by atoms with Crippen LogP contribution in [0.2, 0.25) is 0 Å². The Morgan fingerprint density at radius 2 is 1.82 bits per heavy atom. The Morgan fingerprint density at radius 3 is 2.68 bits per heavy atom. The number of carbonyl (C=O) groups is 1. The number of amides is 1. The Labute approximate surface area is 162 Å². The molecule has 2 aromatic heterocycles. The van der Waals surface area contributed by atoms with E-state index in [1.54, 1.807) is 0 Å². The molecular weight excluding hydrogens is 350 g/mol. The number of para-hydroxylation sites is 1. The molecule has 28 heavy (non-hydrogen) atoms. The largest absolute Gasteiger partial charge is 0.487 e. The van der Waals surface area contributed by atoms with E-state index in [2.05, 4.69) is 11.1 Å². The Hall–Kier alpha value is -3.60. The molecule has 0 N–H and O–H groups in total. The summed E-state index contributed by atoms with van der Waals surface area (Å²) < 4.78 is 7.80. The summed E-state index contributed by atoms with van der Waals surface area (Å²) in [5, 5.41) is 0. The highest BCUT2D eigenvalue weighted by atomic mass is 16.5. The van der Waals surface area contributed by atoms with Crippen LogP contribution in [0.25, 0.3) is 5.65 Å². The van der Waals surface area contributed by atoms with Gasteiger partial charge < -0.3 is 14.0 Å². The molecule has 4 aromatic rings. The van der Waals surface area contributed by atoms with Crippen molar-refractivity contribution in [3.8, 4) is 5.75 Å². The molecule has 3 heterocycles. The minimum Gasteiger partial charge on any atom is -0.487 e. The second kappa shape index (κ2) is 6.85. The van der Waals surface area contributed by atoms with Crippen molar-refractivity contribution in [2.75, 3.05) is 11.4 Å². The number of hydrogen-bond donors (Lipinski definition) is 0. The molecule has 1 aliphatic heterocycles. The maximum atomic E-state index is 12.9. The van der Waals surface area contributed by atoms with Crippen molar-refractivity contribution in [1.82, 2.24) is 9.38 Å². The summed E-state index contributed by atoms with van der Waals surface area (Å²) in [6, 6.07) is 21.3. The molecule has 0 saturated carbocycles. The van der Waals surface area contributed by atoms with Gasteiger partial charge in [0.15, 0.2) is 0 Å². The molecule has 0 aliphatic carbocycles. The van der Waals surface area contributed by atoms with E-state index in [9.17, 15) is 4.79 Å². The lowest BCUT2D eigenvalue weighted by atomic mass is 10.1. The molecule has 0 bridgehead atoms. The minimum absolute atomic E-state index is 0.0249. The number of anilines is 1. The predicted molar refractivity (Wildman–Crippen MR) is 108 cm³/mol. The molecule has 5 heteroatoms. The van der Waals surface area contributed by atoms with E-state index in [0.29, 0.717) is 12.2 Å². The molecule has 0 unspecified atom stereocenters. The number of imidazole rings is 1. The predicted octanol–water partition coefficient (Wildman–Crippen LogP) is 4.12. The number of aromatic nitrogens is 2. The van der Waals surface area contributed by atoms with Crippen LogP contribution in [0.1, 0.15) is 21.6 Å². The smallest absolute Gasteiger partial charge is 0.258 e. The first-order valence-corrected chi connectivity index (χ1v) is 9.33. The van der Waals surface area contributed by atoms with Crippen molar-refractivity contribution < 1.29 is 9.53 Å². The fourth-order valence-corrected chi connectivity index (χ4v) is 3.61. The van der Waals surface area contributed by atoms with Crippen LogP contribution in [0.4, 0.5) is 5.69 Å². The van der Waals surface area contributed by atoms with Crippen LogP contribution in [0.5, 0.6) is 5.75 Å². The molecule has 2 aromatic carbocycles. The number of nitrogens with zero attached hydrogens (tertiary/aromatic N) is 3. The number of benzene rings is 2. The van der Waals surface area contributed by atoms with Crippen molar-refractivity contribution in [3.63, 3.8) is 0 Å². The zero-order valence-corrected chi connectivity index (χ0v) is 15.3. The van der Waals surface area contributed by atoms with Crippen molar-refractivity contribution in [1.29, 1.82) is 0 Å². The first-order valence-electron chi connectivity index (χ1n) is 9.33. The fraction of sp³-hybridized carbons (Fsp3) is 0.130. The van der Waals surface area contributed by atoms with Gasteiger partial charge in [-0.3, -0.25) is 4.79 Å². The number of hydrogen-bond acceptors (Lipinski definition) is 3. The van der Waals surface area contributed by atoms with Gasteiger partial charge in [0, 0.05) is 30.2 Å². The number of rotatable bonds is 4. The molecule has 1 aliphatic rings. The molecule has 138 valence electrons. The van der Waals surface area contributed by atoms with E-state index >= 15 is 0 Å². The maximum Gasteiger partial charge on any atom is 0.258 e. The van der Waals surface area contributed by atoms with Gasteiger partial charge in [0.25, 0.3) is 5.91 Å². The zero-order chi connectivity index (χ0) is 18.9. The SMILES string of the molecule is O=C(c1ccc(OCc2cn3ccccc3n2)cc1)N1CCc2ccccc21. The van der Waals surface area contributed by atoms with E-state index in [0.717, 1.165) is 35.7 Å². The topological polar surface area (TPSA) is 46.8 Å². The third-order valence-corrected chi connectivity index (χ3v) is 5.03. The van der Waals surface area contributed by atoms with Gasteiger partial charge >= 0.3 is 0 Å². The van der Waals surface area contributed by atoms with Crippen molar-refractivity contribution >= 4 is 17.2 Å². The highest BCUT2D eigenvalue weighted by Crippen LogP contribution is 2.29. The van der Waals surface area contributed by atoms with Gasteiger partial charge in [-0.05, 0) is 54.4 Å². The third kappa shape index (κ3) is 3.01. The number of ether oxygens (including phenoxy) is 1. The van der Waals surface area contributed by atoms with Gasteiger partial charge in [-0.25, -0.2) is 4.98 Å². The van der Waals surface area contributed by atoms with E-state index in [1.165, 1.54) is 5.56 Å². The summed E-state index contributed by atoms with van der Waals surface area (Å²) in [6.45, 7) is 1.11. The van der Waals surface area contributed by atoms with E-state index in [1.807, 2.05) is 82.4 Å². The van der Waals surface area contributed by atoms with E-state index in [-0.39, 0.29) is 5.91 Å². The average molecular weight is 369 g/mol. The van der Waals surface area contributed by atoms with Gasteiger partial charge in [-0.15, -0.1) is 0 Å². The summed E-state index contributed by atoms with van der Waals surface area (Å²) in [6.07, 6.45) is 4.82. The van der Waals surface area contributed by atoms with Crippen molar-refractivity contribution in [2.24, 2.45) is 0 Å². The standard InChI is InChI=1S/C23H19N3O2/c27-23(26-14-12-17-5-1-2-6-21(17)26)18-8-10-20(11-9-18)28-16-19-15-25-13-4-3-7-22(25)24-19/h1-11,13,15H,12,14,16H2. The molecule has 0 radical (unpaired) electrons. The fourth-order valence-electron chi connectivity index (χ4n) is 3.61. The van der Waals surface area contributed by atoms with Crippen LogP contribution in [-0.2, 0) is 13.0 Å². The van der Waals surface area contributed by atoms with Crippen LogP contribution in [0.15, 0.2) is 79.1 Å². The van der Waals surface area contributed by atoms with Gasteiger partial charge in [-0.1, -0.05) is 24.3 Å². The molecule has 0 fully saturated rings. The molecule has 5 nitrogen and oxygen atoms in total. The number of pyridine rings is 1. The van der Waals surface area contributed by atoms with E-state index in [4.69, 9.17) is 4.74 Å². The second-order valence-corrected chi connectivity index (χ2v) is 6.85. The second-order valence-electron chi connectivity index (χ2n) is 6.85. The number of fused-ring (bicyclic) bond motifs is 2. The van der Waals surface area contributed by atoms with Gasteiger partial charge in [0.2, 0.25) is 0 Å². The molecule has 1 amide bonds. The average Bonchev–Trinajstić information content (AvgIpc) is 3.36. The quantitative estimate of drug-likeness (QED) is 0.544. The Balaban J connectivity index is 1.27. The summed E-state index contributed by atoms with van der Waals surface area (Å²) in [7, 11) is 0.